The molecule has 2 aromatic heterocycles. The van der Waals surface area contributed by atoms with Gasteiger partial charge in [0.05, 0.1) is 31.4 Å². The van der Waals surface area contributed by atoms with E-state index in [0.717, 1.165) is 35.9 Å². The Balaban J connectivity index is 1.33. The number of fused-ring (bicyclic) bond motifs is 2. The van der Waals surface area contributed by atoms with Gasteiger partial charge in [0.1, 0.15) is 11.7 Å². The van der Waals surface area contributed by atoms with Gasteiger partial charge in [-0.15, -0.1) is 0 Å². The third kappa shape index (κ3) is 2.99. The summed E-state index contributed by atoms with van der Waals surface area (Å²) in [7, 11) is 0. The Bertz CT molecular complexity index is 1100. The number of nitrogens with one attached hydrogen (secondary N) is 1. The van der Waals surface area contributed by atoms with Crippen LogP contribution in [-0.4, -0.2) is 40.1 Å². The van der Waals surface area contributed by atoms with Crippen molar-refractivity contribution in [3.63, 3.8) is 0 Å². The first-order valence-corrected chi connectivity index (χ1v) is 9.51. The lowest BCUT2D eigenvalue weighted by Gasteiger charge is -2.20. The van der Waals surface area contributed by atoms with Gasteiger partial charge in [-0.05, 0) is 37.0 Å². The van der Waals surface area contributed by atoms with E-state index in [-0.39, 0.29) is 30.0 Å². The normalized spacial score (nSPS) is 21.1. The molecular weight excluding hydrogens is 360 g/mol. The molecule has 1 aliphatic carbocycles. The minimum Gasteiger partial charge on any atom is -0.377 e. The summed E-state index contributed by atoms with van der Waals surface area (Å²) in [6.45, 7) is 0.699. The lowest BCUT2D eigenvalue weighted by Crippen LogP contribution is -2.44. The number of ether oxygens (including phenoxy) is 1. The molecule has 2 aliphatic rings. The molecule has 3 aromatic rings. The Morgan fingerprint density at radius 3 is 3.07 bits per heavy atom. The number of nitrogens with zero attached hydrogens (tertiary/aromatic N) is 3. The van der Waals surface area contributed by atoms with Crippen LogP contribution in [0, 0.1) is 0 Å². The molecule has 1 aromatic carbocycles. The molecule has 1 fully saturated rings. The molecule has 8 heteroatoms. The van der Waals surface area contributed by atoms with E-state index in [0.29, 0.717) is 24.5 Å². The average molecular weight is 380 g/mol. The fourth-order valence-corrected chi connectivity index (χ4v) is 4.05. The largest absolute Gasteiger partial charge is 0.377 e. The second-order valence-electron chi connectivity index (χ2n) is 7.33. The van der Waals surface area contributed by atoms with Gasteiger partial charge in [0.25, 0.3) is 5.56 Å². The van der Waals surface area contributed by atoms with Crippen molar-refractivity contribution in [3.05, 3.63) is 57.6 Å². The van der Waals surface area contributed by atoms with E-state index < -0.39 is 0 Å². The zero-order valence-corrected chi connectivity index (χ0v) is 15.3. The number of para-hydroxylation sites is 1. The molecule has 1 N–H and O–H groups in total. The number of carbonyl (C=O) groups excluding carboxylic acids is 1. The third-order valence-corrected chi connectivity index (χ3v) is 5.47. The maximum atomic E-state index is 12.6. The van der Waals surface area contributed by atoms with Gasteiger partial charge < -0.3 is 14.6 Å². The highest BCUT2D eigenvalue weighted by molar-refractivity contribution is 5.86. The van der Waals surface area contributed by atoms with Crippen molar-refractivity contribution in [2.75, 3.05) is 13.2 Å². The van der Waals surface area contributed by atoms with Gasteiger partial charge >= 0.3 is 0 Å². The summed E-state index contributed by atoms with van der Waals surface area (Å²) in [6.07, 6.45) is 2.93. The van der Waals surface area contributed by atoms with Crippen molar-refractivity contribution in [2.45, 2.75) is 37.8 Å². The smallest absolute Gasteiger partial charge is 0.267 e. The summed E-state index contributed by atoms with van der Waals surface area (Å²) in [4.78, 5) is 25.1. The zero-order chi connectivity index (χ0) is 19.1. The zero-order valence-electron chi connectivity index (χ0n) is 15.3. The van der Waals surface area contributed by atoms with E-state index in [1.807, 2.05) is 24.3 Å². The molecule has 0 saturated carbocycles. The maximum Gasteiger partial charge on any atom is 0.267 e. The quantitative estimate of drug-likeness (QED) is 0.730. The van der Waals surface area contributed by atoms with Crippen molar-refractivity contribution < 1.29 is 14.1 Å². The fourth-order valence-electron chi connectivity index (χ4n) is 4.05. The summed E-state index contributed by atoms with van der Waals surface area (Å²) in [6, 6.07) is 8.49. The molecule has 0 radical (unpaired) electrons. The number of amides is 1. The Hall–Kier alpha value is -3.00. The molecule has 8 nitrogen and oxygen atoms in total. The van der Waals surface area contributed by atoms with Crippen LogP contribution in [0.1, 0.15) is 29.4 Å². The van der Waals surface area contributed by atoms with Gasteiger partial charge in [-0.1, -0.05) is 17.3 Å². The van der Waals surface area contributed by atoms with Crippen molar-refractivity contribution >= 4 is 16.9 Å². The Morgan fingerprint density at radius 1 is 1.25 bits per heavy atom. The Labute approximate surface area is 160 Å². The van der Waals surface area contributed by atoms with Crippen LogP contribution in [-0.2, 0) is 28.8 Å². The molecule has 1 amide bonds. The second kappa shape index (κ2) is 6.87. The first kappa shape index (κ1) is 17.1. The molecule has 28 heavy (non-hydrogen) atoms. The van der Waals surface area contributed by atoms with E-state index in [1.54, 1.807) is 6.07 Å². The minimum absolute atomic E-state index is 0.104. The molecule has 144 valence electrons. The van der Waals surface area contributed by atoms with Crippen LogP contribution < -0.4 is 10.9 Å². The Kier molecular flexibility index (Phi) is 4.20. The summed E-state index contributed by atoms with van der Waals surface area (Å²) in [5.74, 6) is -0.186. The first-order chi connectivity index (χ1) is 13.7. The summed E-state index contributed by atoms with van der Waals surface area (Å²) >= 11 is 0. The van der Waals surface area contributed by atoms with E-state index in [2.05, 4.69) is 15.6 Å². The fraction of sp³-hybridized carbons (Fsp3) is 0.400. The summed E-state index contributed by atoms with van der Waals surface area (Å²) in [5, 5.41) is 12.4. The highest BCUT2D eigenvalue weighted by Crippen LogP contribution is 2.22. The van der Waals surface area contributed by atoms with Crippen LogP contribution in [0.4, 0.5) is 0 Å². The van der Waals surface area contributed by atoms with Crippen molar-refractivity contribution in [3.8, 4) is 0 Å². The predicted molar refractivity (Wildman–Crippen MR) is 100 cm³/mol. The molecule has 0 spiro atoms. The van der Waals surface area contributed by atoms with Crippen LogP contribution in [0.25, 0.3) is 11.0 Å². The third-order valence-electron chi connectivity index (χ3n) is 5.47. The van der Waals surface area contributed by atoms with E-state index in [1.165, 1.54) is 4.68 Å². The maximum absolute atomic E-state index is 12.6. The molecule has 0 bridgehead atoms. The molecule has 2 atom stereocenters. The number of carbonyl (C=O) groups is 1. The van der Waals surface area contributed by atoms with Crippen molar-refractivity contribution in [1.82, 2.24) is 20.3 Å². The Morgan fingerprint density at radius 2 is 2.14 bits per heavy atom. The predicted octanol–water partition coefficient (Wildman–Crippen LogP) is 1.17. The van der Waals surface area contributed by atoms with Crippen molar-refractivity contribution in [1.29, 1.82) is 0 Å². The molecule has 5 rings (SSSR count). The van der Waals surface area contributed by atoms with Crippen LogP contribution in [0.2, 0.25) is 0 Å². The molecule has 1 aliphatic heterocycles. The van der Waals surface area contributed by atoms with E-state index in [4.69, 9.17) is 9.26 Å². The number of hydrogen-bond donors (Lipinski definition) is 1. The van der Waals surface area contributed by atoms with Crippen LogP contribution in [0.15, 0.2) is 39.6 Å². The summed E-state index contributed by atoms with van der Waals surface area (Å²) in [5.41, 5.74) is 3.12. The number of aryl methyl sites for hydroxylation is 2. The molecule has 3 heterocycles. The topological polar surface area (TPSA) is 99.2 Å². The number of benzene rings is 1. The van der Waals surface area contributed by atoms with Gasteiger partial charge in [-0.3, -0.25) is 9.59 Å². The average Bonchev–Trinajstić information content (AvgIpc) is 3.41. The van der Waals surface area contributed by atoms with Gasteiger partial charge in [0.2, 0.25) is 5.91 Å². The standard InChI is InChI=1S/C20H20N4O4/c25-19(9-15-13-5-1-2-7-18(13)28-23-15)21-16-10-27-11-17(16)24-20(26)8-12-4-3-6-14(12)22-24/h1-2,5,7-8,16-17H,3-4,6,9-11H2,(H,21,25). The molecule has 2 unspecified atom stereocenters. The highest BCUT2D eigenvalue weighted by Gasteiger charge is 2.33. The van der Waals surface area contributed by atoms with E-state index in [9.17, 15) is 9.59 Å². The van der Waals surface area contributed by atoms with Crippen LogP contribution in [0.5, 0.6) is 0 Å². The van der Waals surface area contributed by atoms with Gasteiger partial charge in [0, 0.05) is 11.5 Å². The number of hydrogen-bond acceptors (Lipinski definition) is 6. The second-order valence-corrected chi connectivity index (χ2v) is 7.33. The lowest BCUT2D eigenvalue weighted by atomic mass is 10.1. The number of aromatic nitrogens is 3. The first-order valence-electron chi connectivity index (χ1n) is 9.51. The lowest BCUT2D eigenvalue weighted by molar-refractivity contribution is -0.121. The van der Waals surface area contributed by atoms with Gasteiger partial charge in [-0.2, -0.15) is 5.10 Å². The number of rotatable bonds is 4. The molecule has 1 saturated heterocycles. The highest BCUT2D eigenvalue weighted by atomic mass is 16.5. The van der Waals surface area contributed by atoms with E-state index >= 15 is 0 Å². The van der Waals surface area contributed by atoms with Crippen LogP contribution in [0.3, 0.4) is 0 Å². The van der Waals surface area contributed by atoms with Gasteiger partial charge in [-0.25, -0.2) is 4.68 Å². The minimum atomic E-state index is -0.310. The monoisotopic (exact) mass is 380 g/mol. The summed E-state index contributed by atoms with van der Waals surface area (Å²) < 4.78 is 12.3. The van der Waals surface area contributed by atoms with Crippen LogP contribution >= 0.6 is 0 Å². The van der Waals surface area contributed by atoms with Crippen molar-refractivity contribution in [2.24, 2.45) is 0 Å². The van der Waals surface area contributed by atoms with Gasteiger partial charge in [0.15, 0.2) is 5.58 Å². The molecular formula is C20H20N4O4. The SMILES string of the molecule is O=C(Cc1noc2ccccc12)NC1COCC1n1nc2c(cc1=O)CCC2.